The van der Waals surface area contributed by atoms with Gasteiger partial charge in [-0.25, -0.2) is 0 Å². The highest BCUT2D eigenvalue weighted by atomic mass is 19.4. The van der Waals surface area contributed by atoms with Crippen molar-refractivity contribution in [3.63, 3.8) is 0 Å². The lowest BCUT2D eigenvalue weighted by Gasteiger charge is -2.11. The Labute approximate surface area is 148 Å². The second-order valence-electron chi connectivity index (χ2n) is 5.80. The molecule has 0 aliphatic rings. The second-order valence-corrected chi connectivity index (χ2v) is 5.80. The quantitative estimate of drug-likeness (QED) is 0.732. The summed E-state index contributed by atoms with van der Waals surface area (Å²) in [7, 11) is 0. The molecular formula is C20H16F3NO2. The number of benzene rings is 3. The number of halogens is 3. The minimum atomic E-state index is -4.37. The van der Waals surface area contributed by atoms with Crippen LogP contribution in [-0.4, -0.2) is 24.2 Å². The lowest BCUT2D eigenvalue weighted by Crippen LogP contribution is -2.26. The number of rotatable bonds is 4. The van der Waals surface area contributed by atoms with Gasteiger partial charge in [0.15, 0.2) is 0 Å². The van der Waals surface area contributed by atoms with Gasteiger partial charge in [-0.05, 0) is 46.2 Å². The van der Waals surface area contributed by atoms with Gasteiger partial charge in [-0.3, -0.25) is 4.79 Å². The van der Waals surface area contributed by atoms with E-state index >= 15 is 0 Å². The van der Waals surface area contributed by atoms with Crippen LogP contribution in [0.4, 0.5) is 13.2 Å². The third-order valence-electron chi connectivity index (χ3n) is 4.06. The van der Waals surface area contributed by atoms with Crippen LogP contribution in [0.25, 0.3) is 21.9 Å². The maximum absolute atomic E-state index is 12.7. The summed E-state index contributed by atoms with van der Waals surface area (Å²) in [5.41, 5.74) is 1.22. The summed E-state index contributed by atoms with van der Waals surface area (Å²) in [6.45, 7) is 0.0276. The number of aliphatic hydroxyl groups is 1. The highest BCUT2D eigenvalue weighted by Gasteiger charge is 2.30. The second kappa shape index (κ2) is 7.17. The average molecular weight is 359 g/mol. The molecule has 0 bridgehead atoms. The van der Waals surface area contributed by atoms with E-state index in [0.717, 1.165) is 28.5 Å². The Kier molecular flexibility index (Phi) is 4.95. The smallest absolute Gasteiger partial charge is 0.395 e. The van der Waals surface area contributed by atoms with E-state index in [4.69, 9.17) is 5.11 Å². The Morgan fingerprint density at radius 1 is 1.00 bits per heavy atom. The molecule has 26 heavy (non-hydrogen) atoms. The molecule has 3 aromatic carbocycles. The molecule has 3 nitrogen and oxygen atoms in total. The Bertz CT molecular complexity index is 934. The van der Waals surface area contributed by atoms with E-state index in [-0.39, 0.29) is 19.1 Å². The molecule has 3 aromatic rings. The summed E-state index contributed by atoms with van der Waals surface area (Å²) in [6.07, 6.45) is -4.37. The number of hydrogen-bond donors (Lipinski definition) is 2. The fraction of sp³-hybridized carbons (Fsp3) is 0.150. The maximum atomic E-state index is 12.7. The molecule has 0 aliphatic heterocycles. The standard InChI is InChI=1S/C20H16F3NO2/c21-20(22,23)16-7-4-13(5-8-16)17-3-1-2-14-12-15(6-9-18(14)17)19(26)24-10-11-25/h1-9,12,25H,10-11H2,(H,24,26). The molecule has 0 aromatic heterocycles. The molecule has 0 spiro atoms. The molecule has 0 saturated heterocycles. The summed E-state index contributed by atoms with van der Waals surface area (Å²) in [4.78, 5) is 12.0. The first-order valence-electron chi connectivity index (χ1n) is 7.99. The maximum Gasteiger partial charge on any atom is 0.416 e. The van der Waals surface area contributed by atoms with Crippen molar-refractivity contribution in [2.45, 2.75) is 6.18 Å². The monoisotopic (exact) mass is 359 g/mol. The third kappa shape index (κ3) is 3.70. The van der Waals surface area contributed by atoms with Crippen LogP contribution in [0.2, 0.25) is 0 Å². The summed E-state index contributed by atoms with van der Waals surface area (Å²) >= 11 is 0. The summed E-state index contributed by atoms with van der Waals surface area (Å²) in [5, 5.41) is 13.0. The van der Waals surface area contributed by atoms with Crippen LogP contribution in [-0.2, 0) is 6.18 Å². The van der Waals surface area contributed by atoms with Gasteiger partial charge in [-0.15, -0.1) is 0 Å². The highest BCUT2D eigenvalue weighted by molar-refractivity contribution is 6.02. The summed E-state index contributed by atoms with van der Waals surface area (Å²) < 4.78 is 38.2. The molecule has 6 heteroatoms. The van der Waals surface area contributed by atoms with Crippen molar-refractivity contribution in [2.75, 3.05) is 13.2 Å². The van der Waals surface area contributed by atoms with Crippen LogP contribution >= 0.6 is 0 Å². The van der Waals surface area contributed by atoms with Crippen LogP contribution in [0, 0.1) is 0 Å². The molecule has 134 valence electrons. The fourth-order valence-electron chi connectivity index (χ4n) is 2.79. The van der Waals surface area contributed by atoms with E-state index < -0.39 is 11.7 Å². The zero-order chi connectivity index (χ0) is 18.7. The molecule has 0 fully saturated rings. The topological polar surface area (TPSA) is 49.3 Å². The van der Waals surface area contributed by atoms with Crippen molar-refractivity contribution in [1.82, 2.24) is 5.32 Å². The van der Waals surface area contributed by atoms with Crippen LogP contribution < -0.4 is 5.32 Å². The number of aliphatic hydroxyl groups excluding tert-OH is 1. The van der Waals surface area contributed by atoms with Crippen molar-refractivity contribution < 1.29 is 23.1 Å². The SMILES string of the molecule is O=C(NCCO)c1ccc2c(-c3ccc(C(F)(F)F)cc3)cccc2c1. The lowest BCUT2D eigenvalue weighted by atomic mass is 9.96. The molecule has 0 aliphatic carbocycles. The first kappa shape index (κ1) is 17.9. The van der Waals surface area contributed by atoms with E-state index in [1.54, 1.807) is 24.3 Å². The van der Waals surface area contributed by atoms with Crippen molar-refractivity contribution in [2.24, 2.45) is 0 Å². The number of amides is 1. The number of carbonyl (C=O) groups is 1. The third-order valence-corrected chi connectivity index (χ3v) is 4.06. The summed E-state index contributed by atoms with van der Waals surface area (Å²) in [6, 6.07) is 15.6. The zero-order valence-electron chi connectivity index (χ0n) is 13.7. The van der Waals surface area contributed by atoms with Crippen LogP contribution in [0.3, 0.4) is 0 Å². The molecule has 3 rings (SSSR count). The Morgan fingerprint density at radius 3 is 2.38 bits per heavy atom. The van der Waals surface area contributed by atoms with Crippen molar-refractivity contribution >= 4 is 16.7 Å². The van der Waals surface area contributed by atoms with Gasteiger partial charge in [-0.1, -0.05) is 36.4 Å². The Balaban J connectivity index is 1.98. The molecule has 1 amide bonds. The van der Waals surface area contributed by atoms with Crippen molar-refractivity contribution in [3.8, 4) is 11.1 Å². The minimum absolute atomic E-state index is 0.141. The van der Waals surface area contributed by atoms with Crippen LogP contribution in [0.5, 0.6) is 0 Å². The van der Waals surface area contributed by atoms with E-state index in [0.29, 0.717) is 11.1 Å². The van der Waals surface area contributed by atoms with E-state index in [2.05, 4.69) is 5.32 Å². The van der Waals surface area contributed by atoms with E-state index in [9.17, 15) is 18.0 Å². The summed E-state index contributed by atoms with van der Waals surface area (Å²) in [5.74, 6) is -0.291. The van der Waals surface area contributed by atoms with E-state index in [1.165, 1.54) is 12.1 Å². The van der Waals surface area contributed by atoms with Gasteiger partial charge >= 0.3 is 6.18 Å². The number of fused-ring (bicyclic) bond motifs is 1. The number of hydrogen-bond acceptors (Lipinski definition) is 2. The van der Waals surface area contributed by atoms with Gasteiger partial charge in [0.05, 0.1) is 12.2 Å². The Hall–Kier alpha value is -2.86. The molecule has 0 heterocycles. The predicted octanol–water partition coefficient (Wildman–Crippen LogP) is 4.25. The highest BCUT2D eigenvalue weighted by Crippen LogP contribution is 2.33. The first-order valence-corrected chi connectivity index (χ1v) is 7.99. The van der Waals surface area contributed by atoms with Crippen molar-refractivity contribution in [1.29, 1.82) is 0 Å². The Morgan fingerprint density at radius 2 is 1.73 bits per heavy atom. The van der Waals surface area contributed by atoms with Crippen molar-refractivity contribution in [3.05, 3.63) is 71.8 Å². The molecule has 2 N–H and O–H groups in total. The van der Waals surface area contributed by atoms with Gasteiger partial charge in [0.1, 0.15) is 0 Å². The predicted molar refractivity (Wildman–Crippen MR) is 93.8 cm³/mol. The first-order chi connectivity index (χ1) is 12.4. The van der Waals surface area contributed by atoms with Gasteiger partial charge in [0.2, 0.25) is 0 Å². The fourth-order valence-corrected chi connectivity index (χ4v) is 2.79. The number of carbonyl (C=O) groups excluding carboxylic acids is 1. The van der Waals surface area contributed by atoms with Gasteiger partial charge in [0.25, 0.3) is 5.91 Å². The van der Waals surface area contributed by atoms with E-state index in [1.807, 2.05) is 12.1 Å². The molecule has 0 radical (unpaired) electrons. The normalized spacial score (nSPS) is 11.5. The molecule has 0 saturated carbocycles. The number of nitrogens with one attached hydrogen (secondary N) is 1. The molecule has 0 atom stereocenters. The lowest BCUT2D eigenvalue weighted by molar-refractivity contribution is -0.137. The van der Waals surface area contributed by atoms with Crippen LogP contribution in [0.15, 0.2) is 60.7 Å². The van der Waals surface area contributed by atoms with Gasteiger partial charge < -0.3 is 10.4 Å². The minimum Gasteiger partial charge on any atom is -0.395 e. The van der Waals surface area contributed by atoms with Crippen LogP contribution in [0.1, 0.15) is 15.9 Å². The van der Waals surface area contributed by atoms with Gasteiger partial charge in [0, 0.05) is 12.1 Å². The molecule has 0 unspecified atom stereocenters. The van der Waals surface area contributed by atoms with Gasteiger partial charge in [-0.2, -0.15) is 13.2 Å². The zero-order valence-corrected chi connectivity index (χ0v) is 13.7. The molecular weight excluding hydrogens is 343 g/mol. The largest absolute Gasteiger partial charge is 0.416 e. The number of alkyl halides is 3. The average Bonchev–Trinajstić information content (AvgIpc) is 2.64.